The van der Waals surface area contributed by atoms with E-state index in [1.807, 2.05) is 0 Å². The molecule has 1 aromatic heterocycles. The molecule has 38 heavy (non-hydrogen) atoms. The summed E-state index contributed by atoms with van der Waals surface area (Å²) in [5.74, 6) is -2.15. The largest absolute Gasteiger partial charge is 0.472 e. The van der Waals surface area contributed by atoms with Gasteiger partial charge in [0.2, 0.25) is 0 Å². The van der Waals surface area contributed by atoms with Gasteiger partial charge in [0.1, 0.15) is 36.6 Å². The van der Waals surface area contributed by atoms with Gasteiger partial charge in [0.05, 0.1) is 24.5 Å². The second-order valence-electron chi connectivity index (χ2n) is 11.6. The lowest BCUT2D eigenvalue weighted by Gasteiger charge is -2.64. The Morgan fingerprint density at radius 3 is 2.50 bits per heavy atom. The number of rotatable bonds is 4. The Morgan fingerprint density at radius 1 is 1.05 bits per heavy atom. The van der Waals surface area contributed by atoms with Crippen LogP contribution in [0.2, 0.25) is 0 Å². The number of cyclic esters (lactones) is 1. The van der Waals surface area contributed by atoms with E-state index in [-0.39, 0.29) is 12.8 Å². The molecule has 12 nitrogen and oxygen atoms in total. The Kier molecular flexibility index (Phi) is 5.69. The first-order chi connectivity index (χ1) is 17.9. The van der Waals surface area contributed by atoms with Crippen LogP contribution in [0.15, 0.2) is 35.2 Å². The second-order valence-corrected chi connectivity index (χ2v) is 11.6. The van der Waals surface area contributed by atoms with E-state index in [2.05, 4.69) is 0 Å². The molecule has 4 heterocycles. The number of furan rings is 1. The minimum absolute atomic E-state index is 0.229. The number of hydrogen-bond donors (Lipinski definition) is 5. The molecule has 0 aromatic carbocycles. The Labute approximate surface area is 217 Å². The van der Waals surface area contributed by atoms with Gasteiger partial charge in [0.25, 0.3) is 0 Å². The van der Waals surface area contributed by atoms with Crippen LogP contribution in [0.3, 0.4) is 0 Å². The average molecular weight is 537 g/mol. The van der Waals surface area contributed by atoms with Crippen molar-refractivity contribution in [3.05, 3.63) is 36.3 Å². The molecule has 12 heteroatoms. The Hall–Kier alpha value is -2.32. The molecule has 5 N–H and O–H groups in total. The molecule has 0 unspecified atom stereocenters. The number of fused-ring (bicyclic) bond motifs is 2. The molecular weight excluding hydrogens is 504 g/mol. The molecule has 2 aliphatic carbocycles. The fraction of sp³-hybridized carbons (Fsp3) is 0.692. The summed E-state index contributed by atoms with van der Waals surface area (Å²) >= 11 is 0. The van der Waals surface area contributed by atoms with Crippen LogP contribution in [0.1, 0.15) is 44.8 Å². The highest BCUT2D eigenvalue weighted by Gasteiger charge is 2.80. The average Bonchev–Trinajstić information content (AvgIpc) is 3.48. The van der Waals surface area contributed by atoms with E-state index < -0.39 is 89.4 Å². The van der Waals surface area contributed by atoms with E-state index >= 15 is 0 Å². The van der Waals surface area contributed by atoms with E-state index in [1.54, 1.807) is 26.0 Å². The maximum absolute atomic E-state index is 13.6. The summed E-state index contributed by atoms with van der Waals surface area (Å²) in [6.07, 6.45) is -2.93. The first kappa shape index (κ1) is 25.9. The van der Waals surface area contributed by atoms with Gasteiger partial charge in [-0.15, -0.1) is 0 Å². The van der Waals surface area contributed by atoms with Crippen LogP contribution < -0.4 is 0 Å². The molecule has 3 saturated heterocycles. The van der Waals surface area contributed by atoms with Gasteiger partial charge in [-0.3, -0.25) is 0 Å². The molecular formula is C26H32O12. The van der Waals surface area contributed by atoms with Crippen molar-refractivity contribution < 1.29 is 58.5 Å². The first-order valence-corrected chi connectivity index (χ1v) is 12.8. The maximum Gasteiger partial charge on any atom is 0.343 e. The Balaban J connectivity index is 1.41. The molecule has 1 aromatic rings. The molecule has 0 spiro atoms. The predicted molar refractivity (Wildman–Crippen MR) is 123 cm³/mol. The van der Waals surface area contributed by atoms with E-state index in [4.69, 9.17) is 23.4 Å². The van der Waals surface area contributed by atoms with Crippen molar-refractivity contribution in [2.75, 3.05) is 6.61 Å². The Bertz CT molecular complexity index is 1150. The third kappa shape index (κ3) is 3.05. The van der Waals surface area contributed by atoms with Crippen LogP contribution >= 0.6 is 0 Å². The number of allylic oxidation sites excluding steroid dienone is 1. The van der Waals surface area contributed by atoms with E-state index in [0.29, 0.717) is 12.0 Å². The van der Waals surface area contributed by atoms with Crippen LogP contribution in [0.25, 0.3) is 0 Å². The molecule has 0 amide bonds. The van der Waals surface area contributed by atoms with Gasteiger partial charge in [-0.2, -0.15) is 0 Å². The van der Waals surface area contributed by atoms with Crippen LogP contribution in [-0.4, -0.2) is 92.1 Å². The molecule has 1 saturated carbocycles. The zero-order valence-corrected chi connectivity index (χ0v) is 20.9. The van der Waals surface area contributed by atoms with E-state index in [0.717, 1.165) is 0 Å². The number of carbonyl (C=O) groups is 2. The number of ether oxygens (including phenoxy) is 4. The third-order valence-corrected chi connectivity index (χ3v) is 9.93. The molecule has 0 radical (unpaired) electrons. The van der Waals surface area contributed by atoms with Crippen molar-refractivity contribution in [1.82, 2.24) is 0 Å². The van der Waals surface area contributed by atoms with Gasteiger partial charge >= 0.3 is 11.9 Å². The highest BCUT2D eigenvalue weighted by molar-refractivity contribution is 5.88. The lowest BCUT2D eigenvalue weighted by atomic mass is 9.42. The summed E-state index contributed by atoms with van der Waals surface area (Å²) in [5.41, 5.74) is -5.37. The number of aliphatic hydroxyl groups excluding tert-OH is 4. The minimum atomic E-state index is -1.95. The monoisotopic (exact) mass is 536 g/mol. The van der Waals surface area contributed by atoms with Crippen LogP contribution in [0.4, 0.5) is 0 Å². The lowest BCUT2D eigenvalue weighted by Crippen LogP contribution is -2.73. The van der Waals surface area contributed by atoms with Crippen LogP contribution in [0, 0.1) is 16.7 Å². The van der Waals surface area contributed by atoms with Gasteiger partial charge in [-0.05, 0) is 30.9 Å². The molecule has 6 rings (SSSR count). The SMILES string of the molecule is C[C@@]12[C@H]3CC=C[C@]1(O[C@@H]1O[C@H](CO)[C@@H](O)[C@H](O)[C@H]1O)C(=O)O[C@@H]2C[C@]1(O)C(=O)O[C@H](c2ccoc2)C[C@@]31C. The fourth-order valence-electron chi connectivity index (χ4n) is 7.60. The predicted octanol–water partition coefficient (Wildman–Crippen LogP) is -0.528. The topological polar surface area (TPSA) is 185 Å². The van der Waals surface area contributed by atoms with E-state index in [1.165, 1.54) is 18.6 Å². The fourth-order valence-corrected chi connectivity index (χ4v) is 7.60. The molecule has 5 aliphatic rings. The summed E-state index contributed by atoms with van der Waals surface area (Å²) in [4.78, 5) is 26.9. The van der Waals surface area contributed by atoms with Crippen LogP contribution in [0.5, 0.6) is 0 Å². The molecule has 208 valence electrons. The van der Waals surface area contributed by atoms with Gasteiger partial charge < -0.3 is 48.9 Å². The summed E-state index contributed by atoms with van der Waals surface area (Å²) in [5, 5.41) is 52.6. The van der Waals surface area contributed by atoms with Gasteiger partial charge in [-0.1, -0.05) is 19.9 Å². The molecule has 0 bridgehead atoms. The maximum atomic E-state index is 13.6. The number of hydrogen-bond acceptors (Lipinski definition) is 12. The molecule has 12 atom stereocenters. The smallest absolute Gasteiger partial charge is 0.343 e. The third-order valence-electron chi connectivity index (χ3n) is 9.93. The highest BCUT2D eigenvalue weighted by Crippen LogP contribution is 2.70. The number of aliphatic hydroxyl groups is 5. The zero-order valence-electron chi connectivity index (χ0n) is 20.9. The van der Waals surface area contributed by atoms with Gasteiger partial charge in [-0.25, -0.2) is 9.59 Å². The van der Waals surface area contributed by atoms with Crippen molar-refractivity contribution in [2.45, 2.75) is 87.2 Å². The summed E-state index contributed by atoms with van der Waals surface area (Å²) in [6, 6.07) is 1.69. The summed E-state index contributed by atoms with van der Waals surface area (Å²) in [6.45, 7) is 2.93. The molecule has 4 fully saturated rings. The first-order valence-electron chi connectivity index (χ1n) is 12.8. The van der Waals surface area contributed by atoms with Crippen LogP contribution in [-0.2, 0) is 28.5 Å². The second kappa shape index (κ2) is 8.34. The van der Waals surface area contributed by atoms with Crippen molar-refractivity contribution in [3.8, 4) is 0 Å². The normalized spacial score (nSPS) is 51.7. The molecule has 3 aliphatic heterocycles. The van der Waals surface area contributed by atoms with Gasteiger partial charge in [0, 0.05) is 17.4 Å². The van der Waals surface area contributed by atoms with Crippen molar-refractivity contribution in [1.29, 1.82) is 0 Å². The minimum Gasteiger partial charge on any atom is -0.472 e. The highest BCUT2D eigenvalue weighted by atomic mass is 16.7. The van der Waals surface area contributed by atoms with Crippen molar-refractivity contribution in [2.24, 2.45) is 16.7 Å². The van der Waals surface area contributed by atoms with Gasteiger partial charge in [0.15, 0.2) is 17.5 Å². The lowest BCUT2D eigenvalue weighted by molar-refractivity contribution is -0.336. The summed E-state index contributed by atoms with van der Waals surface area (Å²) < 4.78 is 28.4. The van der Waals surface area contributed by atoms with Crippen molar-refractivity contribution >= 4 is 11.9 Å². The van der Waals surface area contributed by atoms with Crippen molar-refractivity contribution in [3.63, 3.8) is 0 Å². The standard InChI is InChI=1S/C26H32O12/c1-23-8-13(12-5-7-34-11-12)36-21(31)25(23,33)9-16-24(2)15(23)4-3-6-26(24,22(32)37-16)38-20-19(30)18(29)17(28)14(10-27)35-20/h3,5-7,11,13-20,27-30,33H,4,8-10H2,1-2H3/t13-,14+,15-,16+,17+,18-,19+,20-,23-,24-,25-,26-/m0/s1. The quantitative estimate of drug-likeness (QED) is 0.245. The summed E-state index contributed by atoms with van der Waals surface area (Å²) in [7, 11) is 0. The Morgan fingerprint density at radius 2 is 1.82 bits per heavy atom. The number of esters is 2. The van der Waals surface area contributed by atoms with E-state index in [9.17, 15) is 35.1 Å². The zero-order chi connectivity index (χ0) is 27.3. The number of carbonyl (C=O) groups excluding carboxylic acids is 2.